The highest BCUT2D eigenvalue weighted by Crippen LogP contribution is 2.64. The third-order valence-electron chi connectivity index (χ3n) is 3.00. The fourth-order valence-corrected chi connectivity index (χ4v) is 5.58. The molecule has 6 nitrogen and oxygen atoms in total. The third-order valence-corrected chi connectivity index (χ3v) is 7.35. The van der Waals surface area contributed by atoms with Crippen molar-refractivity contribution in [2.24, 2.45) is 0 Å². The van der Waals surface area contributed by atoms with E-state index < -0.39 is 14.6 Å². The van der Waals surface area contributed by atoms with Gasteiger partial charge in [0.1, 0.15) is 0 Å². The number of allylic oxidation sites excluding steroid dienone is 5. The van der Waals surface area contributed by atoms with E-state index in [1.54, 1.807) is 6.08 Å². The third kappa shape index (κ3) is 15.4. The van der Waals surface area contributed by atoms with Crippen molar-refractivity contribution in [1.29, 1.82) is 0 Å². The van der Waals surface area contributed by atoms with Crippen molar-refractivity contribution in [3.05, 3.63) is 34.9 Å². The molecule has 3 N–H and O–H groups in total. The molecule has 24 heavy (non-hydrogen) atoms. The van der Waals surface area contributed by atoms with Crippen LogP contribution >= 0.6 is 26.0 Å². The van der Waals surface area contributed by atoms with E-state index in [0.29, 0.717) is 11.4 Å². The molecule has 0 radical (unpaired) electrons. The van der Waals surface area contributed by atoms with Crippen LogP contribution in [0.2, 0.25) is 0 Å². The topological polar surface area (TPSA) is 104 Å². The second kappa shape index (κ2) is 11.5. The summed E-state index contributed by atoms with van der Waals surface area (Å²) >= 11 is 0.486. The molecule has 1 atom stereocenters. The van der Waals surface area contributed by atoms with Crippen LogP contribution in [0.1, 0.15) is 53.4 Å². The molecule has 1 unspecified atom stereocenters. The average Bonchev–Trinajstić information content (AvgIpc) is 2.34. The van der Waals surface area contributed by atoms with Crippen molar-refractivity contribution >= 4 is 26.0 Å². The van der Waals surface area contributed by atoms with E-state index >= 15 is 0 Å². The lowest BCUT2D eigenvalue weighted by Gasteiger charge is -2.10. The first-order valence-electron chi connectivity index (χ1n) is 7.60. The zero-order chi connectivity index (χ0) is 18.8. The standard InChI is InChI=1S/C15H28O6P2S/c1-13(2)7-5-8-14(3)9-6-10-15(4)11-12-24-23(19,20)21-22(16,17)18/h7,9,11H,5-6,8,10,12H2,1-4H3,(H,19,20)(H2,16,17,18). The highest BCUT2D eigenvalue weighted by atomic mass is 32.7. The van der Waals surface area contributed by atoms with Gasteiger partial charge >= 0.3 is 14.6 Å². The molecule has 0 aliphatic rings. The van der Waals surface area contributed by atoms with Gasteiger partial charge in [0.2, 0.25) is 0 Å². The number of hydrogen-bond acceptors (Lipinski definition) is 4. The predicted molar refractivity (Wildman–Crippen MR) is 101 cm³/mol. The molecular weight excluding hydrogens is 370 g/mol. The van der Waals surface area contributed by atoms with Crippen LogP contribution in [-0.4, -0.2) is 20.4 Å². The van der Waals surface area contributed by atoms with Crippen LogP contribution in [0, 0.1) is 0 Å². The molecule has 0 aliphatic carbocycles. The smallest absolute Gasteiger partial charge is 0.316 e. The molecule has 0 spiro atoms. The molecule has 0 aliphatic heterocycles. The first-order chi connectivity index (χ1) is 10.9. The van der Waals surface area contributed by atoms with Crippen LogP contribution in [0.15, 0.2) is 34.9 Å². The van der Waals surface area contributed by atoms with E-state index in [0.717, 1.165) is 31.3 Å². The Labute approximate surface area is 148 Å². The zero-order valence-electron chi connectivity index (χ0n) is 14.6. The molecule has 9 heteroatoms. The normalized spacial score (nSPS) is 16.0. The number of phosphoric acid groups is 1. The minimum absolute atomic E-state index is 0.156. The van der Waals surface area contributed by atoms with Crippen molar-refractivity contribution in [3.8, 4) is 0 Å². The van der Waals surface area contributed by atoms with Crippen LogP contribution in [0.25, 0.3) is 0 Å². The van der Waals surface area contributed by atoms with E-state index in [9.17, 15) is 14.0 Å². The molecule has 0 amide bonds. The first kappa shape index (κ1) is 23.9. The predicted octanol–water partition coefficient (Wildman–Crippen LogP) is 5.35. The Bertz CT molecular complexity index is 573. The van der Waals surface area contributed by atoms with Gasteiger partial charge in [0.15, 0.2) is 0 Å². The van der Waals surface area contributed by atoms with Crippen LogP contribution in [0.3, 0.4) is 0 Å². The van der Waals surface area contributed by atoms with Crippen LogP contribution < -0.4 is 0 Å². The fraction of sp³-hybridized carbons (Fsp3) is 0.600. The second-order valence-corrected chi connectivity index (χ2v) is 11.1. The molecule has 0 saturated carbocycles. The molecular formula is C15H28O6P2S. The summed E-state index contributed by atoms with van der Waals surface area (Å²) in [6.07, 6.45) is 9.98. The molecule has 140 valence electrons. The molecule has 0 saturated heterocycles. The van der Waals surface area contributed by atoms with Crippen molar-refractivity contribution in [3.63, 3.8) is 0 Å². The summed E-state index contributed by atoms with van der Waals surface area (Å²) in [4.78, 5) is 26.4. The van der Waals surface area contributed by atoms with E-state index in [1.807, 2.05) is 6.92 Å². The molecule has 0 aromatic heterocycles. The van der Waals surface area contributed by atoms with Crippen molar-refractivity contribution in [2.45, 2.75) is 53.4 Å². The minimum Gasteiger partial charge on any atom is -0.316 e. The Hall–Kier alpha value is -0.130. The van der Waals surface area contributed by atoms with Gasteiger partial charge in [-0.15, -0.1) is 0 Å². The fourth-order valence-electron chi connectivity index (χ4n) is 1.77. The summed E-state index contributed by atoms with van der Waals surface area (Å²) in [5.74, 6) is 0.156. The summed E-state index contributed by atoms with van der Waals surface area (Å²) in [6.45, 7) is 3.85. The van der Waals surface area contributed by atoms with Crippen molar-refractivity contribution in [2.75, 3.05) is 5.75 Å². The molecule has 0 aromatic carbocycles. The number of rotatable bonds is 11. The highest BCUT2D eigenvalue weighted by molar-refractivity contribution is 8.55. The first-order valence-corrected chi connectivity index (χ1v) is 12.3. The summed E-state index contributed by atoms with van der Waals surface area (Å²) in [6, 6.07) is 0. The van der Waals surface area contributed by atoms with Gasteiger partial charge in [-0.25, -0.2) is 9.13 Å². The summed E-state index contributed by atoms with van der Waals surface area (Å²) in [5, 5.41) is 0. The maximum absolute atomic E-state index is 11.4. The van der Waals surface area contributed by atoms with Gasteiger partial charge in [-0.3, -0.25) is 0 Å². The van der Waals surface area contributed by atoms with Gasteiger partial charge in [-0.05, 0) is 64.8 Å². The van der Waals surface area contributed by atoms with Gasteiger partial charge in [0, 0.05) is 5.75 Å². The van der Waals surface area contributed by atoms with Gasteiger partial charge in [-0.1, -0.05) is 34.9 Å². The van der Waals surface area contributed by atoms with E-state index in [1.165, 1.54) is 11.1 Å². The largest absolute Gasteiger partial charge is 0.477 e. The van der Waals surface area contributed by atoms with Crippen LogP contribution in [0.4, 0.5) is 0 Å². The Balaban J connectivity index is 4.18. The Kier molecular flexibility index (Phi) is 11.4. The minimum atomic E-state index is -4.96. The number of hydrogen-bond donors (Lipinski definition) is 3. The Morgan fingerprint density at radius 3 is 1.92 bits per heavy atom. The molecule has 0 fully saturated rings. The second-order valence-electron chi connectivity index (χ2n) is 5.80. The van der Waals surface area contributed by atoms with Gasteiger partial charge in [0.25, 0.3) is 0 Å². The Morgan fingerprint density at radius 2 is 1.42 bits per heavy atom. The lowest BCUT2D eigenvalue weighted by Crippen LogP contribution is -1.86. The van der Waals surface area contributed by atoms with Crippen LogP contribution in [0.5, 0.6) is 0 Å². The monoisotopic (exact) mass is 398 g/mol. The lowest BCUT2D eigenvalue weighted by atomic mass is 10.1. The van der Waals surface area contributed by atoms with Gasteiger partial charge in [-0.2, -0.15) is 4.31 Å². The quantitative estimate of drug-likeness (QED) is 0.318. The Morgan fingerprint density at radius 1 is 0.917 bits per heavy atom. The molecule has 0 aromatic rings. The maximum Gasteiger partial charge on any atom is 0.477 e. The summed E-state index contributed by atoms with van der Waals surface area (Å²) in [7, 11) is -4.96. The van der Waals surface area contributed by atoms with E-state index in [2.05, 4.69) is 37.2 Å². The molecule has 0 heterocycles. The summed E-state index contributed by atoms with van der Waals surface area (Å²) < 4.78 is 25.9. The van der Waals surface area contributed by atoms with Gasteiger partial charge in [0.05, 0.1) is 0 Å². The van der Waals surface area contributed by atoms with E-state index in [4.69, 9.17) is 9.79 Å². The zero-order valence-corrected chi connectivity index (χ0v) is 17.2. The molecule has 0 bridgehead atoms. The van der Waals surface area contributed by atoms with Crippen molar-refractivity contribution < 1.29 is 28.1 Å². The average molecular weight is 398 g/mol. The van der Waals surface area contributed by atoms with Crippen molar-refractivity contribution in [1.82, 2.24) is 0 Å². The SMILES string of the molecule is CC(C)=CCCC(C)=CCCC(C)=CCSP(=O)(O)OP(=O)(O)O. The summed E-state index contributed by atoms with van der Waals surface area (Å²) in [5.41, 5.74) is 3.71. The van der Waals surface area contributed by atoms with Gasteiger partial charge < -0.3 is 14.7 Å². The van der Waals surface area contributed by atoms with Crippen LogP contribution in [-0.2, 0) is 13.4 Å². The highest BCUT2D eigenvalue weighted by Gasteiger charge is 2.30. The maximum atomic E-state index is 11.4. The van der Waals surface area contributed by atoms with E-state index in [-0.39, 0.29) is 5.75 Å². The molecule has 0 rings (SSSR count). The lowest BCUT2D eigenvalue weighted by molar-refractivity contribution is 0.270.